The number of carbonyl (C=O) groups is 2. The number of rotatable bonds is 6. The largest absolute Gasteiger partial charge is 0.463 e. The quantitative estimate of drug-likeness (QED) is 0.589. The lowest BCUT2D eigenvalue weighted by Crippen LogP contribution is -2.50. The van der Waals surface area contributed by atoms with Gasteiger partial charge in [-0.15, -0.1) is 0 Å². The van der Waals surface area contributed by atoms with Gasteiger partial charge >= 0.3 is 12.0 Å². The maximum atomic E-state index is 11.9. The number of hydrogen-bond donors (Lipinski definition) is 3. The highest BCUT2D eigenvalue weighted by molar-refractivity contribution is 5.93. The van der Waals surface area contributed by atoms with Crippen LogP contribution >= 0.6 is 0 Å². The number of amides is 2. The fourth-order valence-electron chi connectivity index (χ4n) is 1.65. The Bertz CT molecular complexity index is 418. The topological polar surface area (TPSA) is 90.9 Å². The molecule has 0 aromatic heterocycles. The number of aliphatic hydroxyl groups is 1. The Hall–Kier alpha value is -1.60. The van der Waals surface area contributed by atoms with Gasteiger partial charge in [-0.1, -0.05) is 0 Å². The zero-order valence-corrected chi connectivity index (χ0v) is 12.4. The van der Waals surface area contributed by atoms with E-state index in [0.29, 0.717) is 17.8 Å². The van der Waals surface area contributed by atoms with E-state index in [9.17, 15) is 14.7 Å². The van der Waals surface area contributed by atoms with Crippen LogP contribution in [0.25, 0.3) is 0 Å². The van der Waals surface area contributed by atoms with Crippen molar-refractivity contribution < 1.29 is 19.4 Å². The van der Waals surface area contributed by atoms with Crippen molar-refractivity contribution in [3.8, 4) is 0 Å². The Morgan fingerprint density at radius 2 is 2.15 bits per heavy atom. The zero-order valence-electron chi connectivity index (χ0n) is 12.4. The number of likely N-dealkylation sites (N-methyl/N-ethyl adjacent to an activating group) is 1. The SMILES string of the molecule is CCOC(=O)C1=C(CN(C)C(C)(C)CO)NC(=O)NC1. The van der Waals surface area contributed by atoms with Gasteiger partial charge in [0.25, 0.3) is 0 Å². The maximum absolute atomic E-state index is 11.9. The fraction of sp³-hybridized carbons (Fsp3) is 0.692. The Kier molecular flexibility index (Phi) is 5.52. The molecule has 1 aliphatic heterocycles. The van der Waals surface area contributed by atoms with Gasteiger partial charge in [-0.2, -0.15) is 0 Å². The molecule has 1 aliphatic rings. The summed E-state index contributed by atoms with van der Waals surface area (Å²) in [5.41, 5.74) is 0.464. The first-order valence-electron chi connectivity index (χ1n) is 6.58. The van der Waals surface area contributed by atoms with Gasteiger partial charge in [-0.05, 0) is 27.8 Å². The fourth-order valence-corrected chi connectivity index (χ4v) is 1.65. The minimum absolute atomic E-state index is 0.0300. The lowest BCUT2D eigenvalue weighted by Gasteiger charge is -2.35. The van der Waals surface area contributed by atoms with E-state index in [2.05, 4.69) is 10.6 Å². The zero-order chi connectivity index (χ0) is 15.3. The van der Waals surface area contributed by atoms with E-state index in [1.165, 1.54) is 0 Å². The van der Waals surface area contributed by atoms with E-state index in [1.807, 2.05) is 25.8 Å². The standard InChI is InChI=1S/C13H23N3O4/c1-5-20-11(18)9-6-14-12(19)15-10(9)7-16(4)13(2,3)8-17/h17H,5-8H2,1-4H3,(H2,14,15,19). The molecule has 7 heteroatoms. The molecule has 7 nitrogen and oxygen atoms in total. The van der Waals surface area contributed by atoms with Gasteiger partial charge in [0, 0.05) is 17.8 Å². The van der Waals surface area contributed by atoms with Crippen LogP contribution in [0.2, 0.25) is 0 Å². The molecule has 0 saturated heterocycles. The summed E-state index contributed by atoms with van der Waals surface area (Å²) in [6, 6.07) is -0.344. The van der Waals surface area contributed by atoms with Crippen molar-refractivity contribution in [3.05, 3.63) is 11.3 Å². The van der Waals surface area contributed by atoms with Crippen molar-refractivity contribution >= 4 is 12.0 Å². The molecule has 0 aliphatic carbocycles. The smallest absolute Gasteiger partial charge is 0.337 e. The Morgan fingerprint density at radius 1 is 1.50 bits per heavy atom. The molecule has 0 spiro atoms. The normalized spacial score (nSPS) is 16.0. The molecule has 3 N–H and O–H groups in total. The number of carbonyl (C=O) groups excluding carboxylic acids is 2. The average molecular weight is 285 g/mol. The molecule has 0 fully saturated rings. The Labute approximate surface area is 119 Å². The molecule has 0 aromatic rings. The number of esters is 1. The lowest BCUT2D eigenvalue weighted by atomic mass is 10.0. The molecule has 114 valence electrons. The third-order valence-electron chi connectivity index (χ3n) is 3.39. The third-order valence-corrected chi connectivity index (χ3v) is 3.39. The van der Waals surface area contributed by atoms with Crippen LogP contribution < -0.4 is 10.6 Å². The first kappa shape index (κ1) is 16.5. The van der Waals surface area contributed by atoms with Gasteiger partial charge in [-0.25, -0.2) is 9.59 Å². The minimum atomic E-state index is -0.456. The summed E-state index contributed by atoms with van der Waals surface area (Å²) in [5.74, 6) is -0.440. The van der Waals surface area contributed by atoms with E-state index in [0.717, 1.165) is 0 Å². The van der Waals surface area contributed by atoms with Gasteiger partial charge in [0.15, 0.2) is 0 Å². The lowest BCUT2D eigenvalue weighted by molar-refractivity contribution is -0.138. The van der Waals surface area contributed by atoms with Crippen LogP contribution in [0.4, 0.5) is 4.79 Å². The first-order chi connectivity index (χ1) is 9.31. The van der Waals surface area contributed by atoms with Crippen LogP contribution in [0, 0.1) is 0 Å². The summed E-state index contributed by atoms with van der Waals surface area (Å²) in [6.45, 7) is 6.22. The summed E-state index contributed by atoms with van der Waals surface area (Å²) < 4.78 is 4.98. The highest BCUT2D eigenvalue weighted by atomic mass is 16.5. The molecule has 0 unspecified atom stereocenters. The van der Waals surface area contributed by atoms with Gasteiger partial charge < -0.3 is 20.5 Å². The van der Waals surface area contributed by atoms with Crippen LogP contribution in [0.5, 0.6) is 0 Å². The molecule has 1 rings (SSSR count). The molecule has 0 atom stereocenters. The monoisotopic (exact) mass is 285 g/mol. The van der Waals surface area contributed by atoms with E-state index < -0.39 is 11.5 Å². The van der Waals surface area contributed by atoms with Crippen LogP contribution in [-0.2, 0) is 9.53 Å². The third kappa shape index (κ3) is 3.94. The van der Waals surface area contributed by atoms with Gasteiger partial charge in [0.05, 0.1) is 25.3 Å². The number of hydrogen-bond acceptors (Lipinski definition) is 5. The predicted octanol–water partition coefficient (Wildman–Crippen LogP) is -0.181. The molecule has 0 aromatic carbocycles. The maximum Gasteiger partial charge on any atom is 0.337 e. The molecule has 0 saturated carbocycles. The Balaban J connectivity index is 2.94. The number of nitrogens with zero attached hydrogens (tertiary/aromatic N) is 1. The molecule has 0 radical (unpaired) electrons. The number of nitrogens with one attached hydrogen (secondary N) is 2. The van der Waals surface area contributed by atoms with Crippen molar-refractivity contribution in [1.29, 1.82) is 0 Å². The number of aliphatic hydroxyl groups excluding tert-OH is 1. The molecule has 20 heavy (non-hydrogen) atoms. The van der Waals surface area contributed by atoms with Crippen LogP contribution in [0.15, 0.2) is 11.3 Å². The first-order valence-corrected chi connectivity index (χ1v) is 6.58. The number of urea groups is 1. The second-order valence-electron chi connectivity index (χ2n) is 5.31. The average Bonchev–Trinajstić information content (AvgIpc) is 2.39. The predicted molar refractivity (Wildman–Crippen MR) is 74.0 cm³/mol. The van der Waals surface area contributed by atoms with Gasteiger partial charge in [-0.3, -0.25) is 4.90 Å². The summed E-state index contributed by atoms with van der Waals surface area (Å²) >= 11 is 0. The van der Waals surface area contributed by atoms with Crippen molar-refractivity contribution in [2.75, 3.05) is 33.4 Å². The van der Waals surface area contributed by atoms with Crippen LogP contribution in [0.3, 0.4) is 0 Å². The van der Waals surface area contributed by atoms with E-state index >= 15 is 0 Å². The second-order valence-corrected chi connectivity index (χ2v) is 5.31. The van der Waals surface area contributed by atoms with Crippen molar-refractivity contribution in [2.45, 2.75) is 26.3 Å². The Morgan fingerprint density at radius 3 is 2.70 bits per heavy atom. The molecule has 2 amide bonds. The van der Waals surface area contributed by atoms with Crippen LogP contribution in [0.1, 0.15) is 20.8 Å². The van der Waals surface area contributed by atoms with Crippen molar-refractivity contribution in [2.24, 2.45) is 0 Å². The van der Waals surface area contributed by atoms with E-state index in [-0.39, 0.29) is 25.8 Å². The van der Waals surface area contributed by atoms with E-state index in [4.69, 9.17) is 4.74 Å². The molecular weight excluding hydrogens is 262 g/mol. The minimum Gasteiger partial charge on any atom is -0.463 e. The molecule has 1 heterocycles. The van der Waals surface area contributed by atoms with E-state index in [1.54, 1.807) is 6.92 Å². The summed E-state index contributed by atoms with van der Waals surface area (Å²) in [5, 5.41) is 14.5. The summed E-state index contributed by atoms with van der Waals surface area (Å²) in [6.07, 6.45) is 0. The molecule has 0 bridgehead atoms. The highest BCUT2D eigenvalue weighted by Crippen LogP contribution is 2.15. The summed E-state index contributed by atoms with van der Waals surface area (Å²) in [7, 11) is 1.82. The van der Waals surface area contributed by atoms with Crippen LogP contribution in [-0.4, -0.2) is 60.9 Å². The number of ether oxygens (including phenoxy) is 1. The van der Waals surface area contributed by atoms with Crippen molar-refractivity contribution in [3.63, 3.8) is 0 Å². The van der Waals surface area contributed by atoms with Gasteiger partial charge in [0.2, 0.25) is 0 Å². The van der Waals surface area contributed by atoms with Gasteiger partial charge in [0.1, 0.15) is 0 Å². The summed E-state index contributed by atoms with van der Waals surface area (Å²) in [4.78, 5) is 25.2. The molecular formula is C13H23N3O4. The second kappa shape index (κ2) is 6.71. The highest BCUT2D eigenvalue weighted by Gasteiger charge is 2.28. The van der Waals surface area contributed by atoms with Crippen molar-refractivity contribution in [1.82, 2.24) is 15.5 Å².